The Kier molecular flexibility index (Phi) is 4.16. The fourth-order valence-corrected chi connectivity index (χ4v) is 3.69. The fraction of sp³-hybridized carbons (Fsp3) is 0.0556. The summed E-state index contributed by atoms with van der Waals surface area (Å²) in [5.74, 6) is 0. The van der Waals surface area contributed by atoms with Gasteiger partial charge in [-0.25, -0.2) is 4.98 Å². The van der Waals surface area contributed by atoms with E-state index in [0.717, 1.165) is 32.6 Å². The molecule has 0 bridgehead atoms. The van der Waals surface area contributed by atoms with Gasteiger partial charge in [0.15, 0.2) is 0 Å². The molecular weight excluding hydrogens is 347 g/mol. The van der Waals surface area contributed by atoms with Crippen molar-refractivity contribution >= 4 is 40.5 Å². The number of aryl methyl sites for hydroxylation is 1. The zero-order valence-electron chi connectivity index (χ0n) is 13.9. The first-order valence-electron chi connectivity index (χ1n) is 7.96. The topological polar surface area (TPSA) is 105 Å². The lowest BCUT2D eigenvalue weighted by Crippen LogP contribution is -2.32. The Morgan fingerprint density at radius 2 is 1.96 bits per heavy atom. The maximum absolute atomic E-state index is 9.71. The number of nitrogens with two attached hydrogens (primary N) is 1. The van der Waals surface area contributed by atoms with E-state index in [-0.39, 0.29) is 0 Å². The average Bonchev–Trinajstić information content (AvgIpc) is 3.15. The largest absolute Gasteiger partial charge is 0.488 e. The summed E-state index contributed by atoms with van der Waals surface area (Å²) in [4.78, 5) is 4.41. The van der Waals surface area contributed by atoms with E-state index in [2.05, 4.69) is 15.2 Å². The van der Waals surface area contributed by atoms with Crippen LogP contribution in [0, 0.1) is 6.92 Å². The van der Waals surface area contributed by atoms with E-state index in [1.54, 1.807) is 12.3 Å². The van der Waals surface area contributed by atoms with Crippen LogP contribution in [0.5, 0.6) is 0 Å². The normalized spacial score (nSPS) is 11.0. The molecule has 0 aliphatic carbocycles. The van der Waals surface area contributed by atoms with E-state index in [9.17, 15) is 10.0 Å². The third kappa shape index (κ3) is 2.84. The summed E-state index contributed by atoms with van der Waals surface area (Å²) in [6.07, 6.45) is 3.27. The Morgan fingerprint density at radius 3 is 2.69 bits per heavy atom. The molecule has 6 nitrogen and oxygen atoms in total. The van der Waals surface area contributed by atoms with Crippen LogP contribution in [0.25, 0.3) is 32.6 Å². The van der Waals surface area contributed by atoms with Crippen molar-refractivity contribution in [3.8, 4) is 21.7 Å². The number of hydrogen-bond acceptors (Lipinski definition) is 7. The lowest BCUT2D eigenvalue weighted by Gasteiger charge is -2.14. The first kappa shape index (κ1) is 16.7. The molecule has 4 aromatic rings. The standard InChI is InChI=1S/C18H15BN4O2S/c1-10-6-14(18-21-4-5-26-18)13(8-15(10)19(24)25)11-2-3-12-16(20)9-22-23-17(12)7-11/h2-9,24-25H,1H3,(H2,20,23). The summed E-state index contributed by atoms with van der Waals surface area (Å²) in [6, 6.07) is 9.45. The van der Waals surface area contributed by atoms with Crippen LogP contribution in [-0.4, -0.2) is 32.3 Å². The van der Waals surface area contributed by atoms with Crippen LogP contribution in [0.1, 0.15) is 5.56 Å². The molecule has 26 heavy (non-hydrogen) atoms. The molecule has 0 saturated carbocycles. The van der Waals surface area contributed by atoms with E-state index < -0.39 is 7.12 Å². The van der Waals surface area contributed by atoms with Crippen LogP contribution >= 0.6 is 11.3 Å². The molecule has 2 aromatic heterocycles. The van der Waals surface area contributed by atoms with Gasteiger partial charge in [-0.3, -0.25) is 0 Å². The minimum atomic E-state index is -1.55. The molecule has 128 valence electrons. The second kappa shape index (κ2) is 6.49. The van der Waals surface area contributed by atoms with Gasteiger partial charge in [-0.1, -0.05) is 17.7 Å². The Morgan fingerprint density at radius 1 is 1.12 bits per heavy atom. The molecule has 4 N–H and O–H groups in total. The second-order valence-electron chi connectivity index (χ2n) is 6.00. The van der Waals surface area contributed by atoms with Gasteiger partial charge in [0.1, 0.15) is 5.01 Å². The predicted octanol–water partition coefficient (Wildman–Crippen LogP) is 1.99. The molecule has 0 aliphatic rings. The maximum atomic E-state index is 9.71. The zero-order chi connectivity index (χ0) is 18.3. The zero-order valence-corrected chi connectivity index (χ0v) is 14.7. The van der Waals surface area contributed by atoms with Crippen LogP contribution in [0.3, 0.4) is 0 Å². The van der Waals surface area contributed by atoms with Gasteiger partial charge in [0.2, 0.25) is 0 Å². The van der Waals surface area contributed by atoms with E-state index in [1.807, 2.05) is 36.6 Å². The van der Waals surface area contributed by atoms with E-state index in [1.165, 1.54) is 17.5 Å². The molecule has 0 fully saturated rings. The average molecular weight is 362 g/mol. The van der Waals surface area contributed by atoms with Crippen LogP contribution in [0.15, 0.2) is 48.1 Å². The monoisotopic (exact) mass is 362 g/mol. The van der Waals surface area contributed by atoms with Crippen molar-refractivity contribution in [1.29, 1.82) is 0 Å². The summed E-state index contributed by atoms with van der Waals surface area (Å²) >= 11 is 1.53. The quantitative estimate of drug-likeness (QED) is 0.482. The number of benzene rings is 2. The smallest absolute Gasteiger partial charge is 0.423 e. The molecule has 0 saturated heterocycles. The van der Waals surface area contributed by atoms with Gasteiger partial charge in [0.25, 0.3) is 0 Å². The third-order valence-electron chi connectivity index (χ3n) is 4.33. The molecule has 2 heterocycles. The molecule has 2 aromatic carbocycles. The Labute approximate surface area is 154 Å². The number of hydrogen-bond donors (Lipinski definition) is 3. The molecule has 0 radical (unpaired) electrons. The summed E-state index contributed by atoms with van der Waals surface area (Å²) in [5.41, 5.74) is 11.1. The summed E-state index contributed by atoms with van der Waals surface area (Å²) in [6.45, 7) is 1.85. The van der Waals surface area contributed by atoms with Crippen molar-refractivity contribution < 1.29 is 10.0 Å². The minimum Gasteiger partial charge on any atom is -0.423 e. The lowest BCUT2D eigenvalue weighted by atomic mass is 9.75. The van der Waals surface area contributed by atoms with Gasteiger partial charge in [0, 0.05) is 22.5 Å². The van der Waals surface area contributed by atoms with Gasteiger partial charge >= 0.3 is 7.12 Å². The molecule has 4 rings (SSSR count). The number of aromatic nitrogens is 3. The molecule has 0 aliphatic heterocycles. The first-order chi connectivity index (χ1) is 12.5. The molecule has 0 spiro atoms. The van der Waals surface area contributed by atoms with Gasteiger partial charge < -0.3 is 15.8 Å². The third-order valence-corrected chi connectivity index (χ3v) is 5.14. The van der Waals surface area contributed by atoms with E-state index >= 15 is 0 Å². The van der Waals surface area contributed by atoms with Crippen molar-refractivity contribution in [3.63, 3.8) is 0 Å². The van der Waals surface area contributed by atoms with Crippen LogP contribution in [-0.2, 0) is 0 Å². The highest BCUT2D eigenvalue weighted by Crippen LogP contribution is 2.35. The highest BCUT2D eigenvalue weighted by Gasteiger charge is 2.19. The van der Waals surface area contributed by atoms with E-state index in [4.69, 9.17) is 5.73 Å². The SMILES string of the molecule is Cc1cc(-c2nccs2)c(-c2ccc3c(N)cnnc3c2)cc1B(O)O. The van der Waals surface area contributed by atoms with Crippen molar-refractivity contribution in [1.82, 2.24) is 15.2 Å². The summed E-state index contributed by atoms with van der Waals surface area (Å²) < 4.78 is 0. The molecule has 0 unspecified atom stereocenters. The molecular formula is C18H15BN4O2S. The molecule has 0 atom stereocenters. The second-order valence-corrected chi connectivity index (χ2v) is 6.89. The Bertz CT molecular complexity index is 1100. The van der Waals surface area contributed by atoms with Crippen LogP contribution in [0.4, 0.5) is 5.69 Å². The molecule has 0 amide bonds. The molecule has 8 heteroatoms. The Hall–Kier alpha value is -2.81. The fourth-order valence-electron chi connectivity index (χ4n) is 3.02. The summed E-state index contributed by atoms with van der Waals surface area (Å²) in [7, 11) is -1.55. The van der Waals surface area contributed by atoms with Crippen molar-refractivity contribution in [3.05, 3.63) is 53.7 Å². The highest BCUT2D eigenvalue weighted by molar-refractivity contribution is 7.13. The van der Waals surface area contributed by atoms with Crippen molar-refractivity contribution in [2.75, 3.05) is 5.73 Å². The number of nitrogen functional groups attached to an aromatic ring is 1. The number of nitrogens with zero attached hydrogens (tertiary/aromatic N) is 3. The van der Waals surface area contributed by atoms with Crippen LogP contribution in [0.2, 0.25) is 0 Å². The van der Waals surface area contributed by atoms with Crippen molar-refractivity contribution in [2.24, 2.45) is 0 Å². The lowest BCUT2D eigenvalue weighted by molar-refractivity contribution is 0.425. The number of rotatable bonds is 3. The van der Waals surface area contributed by atoms with E-state index in [0.29, 0.717) is 16.7 Å². The number of anilines is 1. The Balaban J connectivity index is 1.99. The van der Waals surface area contributed by atoms with Gasteiger partial charge in [0.05, 0.1) is 17.4 Å². The van der Waals surface area contributed by atoms with Gasteiger partial charge in [-0.05, 0) is 41.7 Å². The van der Waals surface area contributed by atoms with Crippen LogP contribution < -0.4 is 11.2 Å². The van der Waals surface area contributed by atoms with Gasteiger partial charge in [-0.15, -0.1) is 11.3 Å². The van der Waals surface area contributed by atoms with Crippen molar-refractivity contribution in [2.45, 2.75) is 6.92 Å². The highest BCUT2D eigenvalue weighted by atomic mass is 32.1. The first-order valence-corrected chi connectivity index (χ1v) is 8.84. The van der Waals surface area contributed by atoms with Gasteiger partial charge in [-0.2, -0.15) is 10.2 Å². The number of fused-ring (bicyclic) bond motifs is 1. The summed E-state index contributed by atoms with van der Waals surface area (Å²) in [5, 5.41) is 31.1. The maximum Gasteiger partial charge on any atom is 0.488 e. The number of thiazole rings is 1. The minimum absolute atomic E-state index is 0.457. The predicted molar refractivity (Wildman–Crippen MR) is 105 cm³/mol.